The summed E-state index contributed by atoms with van der Waals surface area (Å²) < 4.78 is 0. The van der Waals surface area contributed by atoms with E-state index in [1.54, 1.807) is 13.1 Å². The Morgan fingerprint density at radius 3 is 2.87 bits per heavy atom. The minimum atomic E-state index is -0.257. The van der Waals surface area contributed by atoms with Crippen LogP contribution in [0.1, 0.15) is 35.8 Å². The van der Waals surface area contributed by atoms with Gasteiger partial charge in [-0.25, -0.2) is 9.98 Å². The third kappa shape index (κ3) is 4.57. The minimum Gasteiger partial charge on any atom is -0.354 e. The number of carbonyl (C=O) groups excluding carboxylic acids is 2. The molecule has 8 heteroatoms. The summed E-state index contributed by atoms with van der Waals surface area (Å²) in [6.07, 6.45) is 9.44. The van der Waals surface area contributed by atoms with Crippen LogP contribution < -0.4 is 5.32 Å². The Balaban J connectivity index is 1.41. The molecule has 7 nitrogen and oxygen atoms in total. The van der Waals surface area contributed by atoms with Crippen LogP contribution in [0, 0.1) is 0 Å². The van der Waals surface area contributed by atoms with Gasteiger partial charge in [0.15, 0.2) is 0 Å². The van der Waals surface area contributed by atoms with Crippen molar-refractivity contribution >= 4 is 40.9 Å². The number of nitrogens with zero attached hydrogens (tertiary/aromatic N) is 4. The number of aromatic nitrogens is 1. The van der Waals surface area contributed by atoms with Gasteiger partial charge in [0.25, 0.3) is 11.8 Å². The topological polar surface area (TPSA) is 87.0 Å². The Bertz CT molecular complexity index is 1080. The van der Waals surface area contributed by atoms with Gasteiger partial charge in [-0.3, -0.25) is 19.5 Å². The highest BCUT2D eigenvalue weighted by Crippen LogP contribution is 2.28. The number of rotatable bonds is 5. The number of fused-ring (bicyclic) bond motifs is 1. The summed E-state index contributed by atoms with van der Waals surface area (Å²) in [5, 5.41) is 2.89. The molecule has 0 radical (unpaired) electrons. The summed E-state index contributed by atoms with van der Waals surface area (Å²) >= 11 is 6.34. The van der Waals surface area contributed by atoms with Crippen LogP contribution in [0.5, 0.6) is 0 Å². The molecule has 0 bridgehead atoms. The van der Waals surface area contributed by atoms with Crippen molar-refractivity contribution in [3.63, 3.8) is 0 Å². The molecule has 1 aromatic rings. The van der Waals surface area contributed by atoms with Crippen LogP contribution in [-0.4, -0.2) is 66.3 Å². The van der Waals surface area contributed by atoms with E-state index >= 15 is 0 Å². The molecular weight excluding hydrogens is 414 g/mol. The molecule has 1 N–H and O–H groups in total. The lowest BCUT2D eigenvalue weighted by atomic mass is 9.97. The maximum Gasteiger partial charge on any atom is 0.272 e. The molecule has 0 spiro atoms. The van der Waals surface area contributed by atoms with Crippen LogP contribution in [0.3, 0.4) is 0 Å². The van der Waals surface area contributed by atoms with Gasteiger partial charge in [-0.15, -0.1) is 0 Å². The first-order valence-electron chi connectivity index (χ1n) is 10.4. The van der Waals surface area contributed by atoms with Crippen molar-refractivity contribution in [1.29, 1.82) is 0 Å². The molecule has 1 atom stereocenters. The number of pyridine rings is 1. The Morgan fingerprint density at radius 1 is 1.35 bits per heavy atom. The molecule has 3 aliphatic rings. The van der Waals surface area contributed by atoms with E-state index in [1.165, 1.54) is 0 Å². The van der Waals surface area contributed by atoms with Gasteiger partial charge in [0.2, 0.25) is 0 Å². The van der Waals surface area contributed by atoms with E-state index in [0.717, 1.165) is 54.0 Å². The van der Waals surface area contributed by atoms with E-state index in [4.69, 9.17) is 11.6 Å². The highest BCUT2D eigenvalue weighted by atomic mass is 35.5. The molecule has 2 amide bonds. The van der Waals surface area contributed by atoms with Crippen molar-refractivity contribution < 1.29 is 9.59 Å². The quantitative estimate of drug-likeness (QED) is 0.717. The highest BCUT2D eigenvalue weighted by Gasteiger charge is 2.24. The monoisotopic (exact) mass is 437 g/mol. The fourth-order valence-electron chi connectivity index (χ4n) is 3.88. The average Bonchev–Trinajstić information content (AvgIpc) is 2.78. The van der Waals surface area contributed by atoms with Crippen molar-refractivity contribution in [2.24, 2.45) is 9.98 Å². The molecule has 0 fully saturated rings. The van der Waals surface area contributed by atoms with E-state index in [0.29, 0.717) is 17.3 Å². The molecule has 0 aliphatic carbocycles. The average molecular weight is 438 g/mol. The normalized spacial score (nSPS) is 21.0. The highest BCUT2D eigenvalue weighted by molar-refractivity contribution is 6.31. The molecule has 1 aromatic heterocycles. The van der Waals surface area contributed by atoms with E-state index < -0.39 is 0 Å². The van der Waals surface area contributed by atoms with Crippen LogP contribution in [0.2, 0.25) is 5.15 Å². The Morgan fingerprint density at radius 2 is 2.19 bits per heavy atom. The van der Waals surface area contributed by atoms with E-state index in [9.17, 15) is 9.59 Å². The third-order valence-corrected chi connectivity index (χ3v) is 5.92. The van der Waals surface area contributed by atoms with Crippen LogP contribution in [0.15, 0.2) is 51.5 Å². The van der Waals surface area contributed by atoms with Crippen LogP contribution in [-0.2, 0) is 4.79 Å². The van der Waals surface area contributed by atoms with Gasteiger partial charge in [-0.05, 0) is 48.3 Å². The van der Waals surface area contributed by atoms with E-state index in [1.807, 2.05) is 31.4 Å². The minimum absolute atomic E-state index is 0.142. The van der Waals surface area contributed by atoms with Crippen molar-refractivity contribution in [3.8, 4) is 0 Å². The molecule has 0 saturated carbocycles. The largest absolute Gasteiger partial charge is 0.354 e. The fourth-order valence-corrected chi connectivity index (χ4v) is 4.16. The molecule has 1 unspecified atom stereocenters. The van der Waals surface area contributed by atoms with Gasteiger partial charge in [-0.1, -0.05) is 24.6 Å². The SMILES string of the molecule is CCC1=CC2N=CC(CN3CC=C(c4ccc(C(=O)NC)nc4Cl)CC3)=CC2=NC1=O. The summed E-state index contributed by atoms with van der Waals surface area (Å²) in [6.45, 7) is 4.32. The molecule has 0 aromatic carbocycles. The molecule has 4 rings (SSSR count). The number of hydrogen-bond acceptors (Lipinski definition) is 5. The zero-order chi connectivity index (χ0) is 22.0. The number of nitrogens with one attached hydrogen (secondary N) is 1. The number of carbonyl (C=O) groups is 2. The van der Waals surface area contributed by atoms with E-state index in [-0.39, 0.29) is 17.9 Å². The predicted molar refractivity (Wildman–Crippen MR) is 123 cm³/mol. The molecule has 4 heterocycles. The Labute approximate surface area is 186 Å². The number of hydrogen-bond donors (Lipinski definition) is 1. The molecule has 0 saturated heterocycles. The summed E-state index contributed by atoms with van der Waals surface area (Å²) in [5.74, 6) is -0.410. The van der Waals surface area contributed by atoms with Crippen LogP contribution in [0.25, 0.3) is 5.57 Å². The van der Waals surface area contributed by atoms with Crippen molar-refractivity contribution in [2.75, 3.05) is 26.7 Å². The number of dihydropyridines is 2. The molecule has 31 heavy (non-hydrogen) atoms. The number of amides is 2. The zero-order valence-corrected chi connectivity index (χ0v) is 18.3. The second-order valence-electron chi connectivity index (χ2n) is 7.66. The van der Waals surface area contributed by atoms with Crippen molar-refractivity contribution in [3.05, 3.63) is 57.9 Å². The predicted octanol–water partition coefficient (Wildman–Crippen LogP) is 2.88. The summed E-state index contributed by atoms with van der Waals surface area (Å²) in [5.41, 5.74) is 4.80. The summed E-state index contributed by atoms with van der Waals surface area (Å²) in [7, 11) is 1.56. The Kier molecular flexibility index (Phi) is 6.25. The first-order valence-corrected chi connectivity index (χ1v) is 10.7. The van der Waals surface area contributed by atoms with Crippen molar-refractivity contribution in [1.82, 2.24) is 15.2 Å². The van der Waals surface area contributed by atoms with E-state index in [2.05, 4.69) is 31.3 Å². The van der Waals surface area contributed by atoms with Gasteiger partial charge in [0, 0.05) is 44.0 Å². The lowest BCUT2D eigenvalue weighted by molar-refractivity contribution is -0.114. The smallest absolute Gasteiger partial charge is 0.272 e. The maximum atomic E-state index is 12.1. The maximum absolute atomic E-state index is 12.1. The van der Waals surface area contributed by atoms with Crippen molar-refractivity contribution in [2.45, 2.75) is 25.8 Å². The number of halogens is 1. The second kappa shape index (κ2) is 9.08. The Hall–Kier alpha value is -2.90. The fraction of sp³-hybridized carbons (Fsp3) is 0.348. The number of aliphatic imine (C=N–C) groups is 2. The second-order valence-corrected chi connectivity index (χ2v) is 8.02. The summed E-state index contributed by atoms with van der Waals surface area (Å²) in [4.78, 5) is 39.1. The molecular formula is C23H24ClN5O2. The van der Waals surface area contributed by atoms with Crippen LogP contribution in [0.4, 0.5) is 0 Å². The molecule has 3 aliphatic heterocycles. The van der Waals surface area contributed by atoms with Gasteiger partial charge in [0.1, 0.15) is 16.9 Å². The molecule has 160 valence electrons. The summed E-state index contributed by atoms with van der Waals surface area (Å²) in [6, 6.07) is 3.41. The first-order chi connectivity index (χ1) is 15.0. The standard InChI is InChI=1S/C23H24ClN5O2/c1-3-15-11-19-20(28-22(15)30)10-14(12-26-19)13-29-8-6-16(7-9-29)17-4-5-18(23(31)25-2)27-21(17)24/h4-6,10-12,19H,3,7-9,13H2,1-2H3,(H,25,31). The van der Waals surface area contributed by atoms with Gasteiger partial charge >= 0.3 is 0 Å². The van der Waals surface area contributed by atoms with Gasteiger partial charge in [-0.2, -0.15) is 0 Å². The third-order valence-electron chi connectivity index (χ3n) is 5.64. The van der Waals surface area contributed by atoms with Gasteiger partial charge in [0.05, 0.1) is 5.71 Å². The lowest BCUT2D eigenvalue weighted by Crippen LogP contribution is -2.33. The van der Waals surface area contributed by atoms with Gasteiger partial charge < -0.3 is 5.32 Å². The first kappa shape index (κ1) is 21.3. The van der Waals surface area contributed by atoms with Crippen LogP contribution >= 0.6 is 11.6 Å². The zero-order valence-electron chi connectivity index (χ0n) is 17.6. The lowest BCUT2D eigenvalue weighted by Gasteiger charge is -2.28.